The summed E-state index contributed by atoms with van der Waals surface area (Å²) in [5, 5.41) is 4.89. The molecule has 0 fully saturated rings. The van der Waals surface area contributed by atoms with Crippen molar-refractivity contribution in [2.45, 2.75) is 34.1 Å². The molecule has 0 saturated heterocycles. The molecule has 112 valence electrons. The number of nitrogens with zero attached hydrogens (tertiary/aromatic N) is 1. The normalized spacial score (nSPS) is 13.6. The van der Waals surface area contributed by atoms with Crippen LogP contribution in [0, 0.1) is 18.8 Å². The zero-order valence-electron chi connectivity index (χ0n) is 12.4. The number of nitrogens with one attached hydrogen (secondary N) is 1. The van der Waals surface area contributed by atoms with Crippen LogP contribution in [0.25, 0.3) is 0 Å². The standard InChI is InChI=1S/C14H22N2O3S/c1-5-9(3)13(17)11(14(18)19-6-2)7-16-12-8-15-10(4)20-12/h8-9,11,16H,5-7H2,1-4H3. The van der Waals surface area contributed by atoms with Crippen LogP contribution in [0.15, 0.2) is 6.20 Å². The van der Waals surface area contributed by atoms with E-state index in [1.54, 1.807) is 13.1 Å². The lowest BCUT2D eigenvalue weighted by atomic mass is 9.92. The van der Waals surface area contributed by atoms with E-state index in [1.807, 2.05) is 20.8 Å². The topological polar surface area (TPSA) is 68.3 Å². The smallest absolute Gasteiger partial charge is 0.318 e. The first-order chi connectivity index (χ1) is 9.49. The first-order valence-electron chi connectivity index (χ1n) is 6.86. The van der Waals surface area contributed by atoms with Crippen LogP contribution in [0.5, 0.6) is 0 Å². The van der Waals surface area contributed by atoms with Crippen molar-refractivity contribution in [3.05, 3.63) is 11.2 Å². The molecule has 1 aromatic heterocycles. The van der Waals surface area contributed by atoms with E-state index >= 15 is 0 Å². The van der Waals surface area contributed by atoms with Gasteiger partial charge in [0.25, 0.3) is 0 Å². The highest BCUT2D eigenvalue weighted by Gasteiger charge is 2.30. The molecule has 0 aliphatic carbocycles. The lowest BCUT2D eigenvalue weighted by molar-refractivity contribution is -0.151. The van der Waals surface area contributed by atoms with Crippen molar-refractivity contribution >= 4 is 28.1 Å². The van der Waals surface area contributed by atoms with Crippen molar-refractivity contribution < 1.29 is 14.3 Å². The summed E-state index contributed by atoms with van der Waals surface area (Å²) < 4.78 is 5.00. The third-order valence-electron chi connectivity index (χ3n) is 3.11. The van der Waals surface area contributed by atoms with E-state index in [2.05, 4.69) is 10.3 Å². The van der Waals surface area contributed by atoms with E-state index in [9.17, 15) is 9.59 Å². The Labute approximate surface area is 123 Å². The fourth-order valence-electron chi connectivity index (χ4n) is 1.73. The lowest BCUT2D eigenvalue weighted by Crippen LogP contribution is -2.35. The Bertz CT molecular complexity index is 459. The maximum absolute atomic E-state index is 12.3. The predicted octanol–water partition coefficient (Wildman–Crippen LogP) is 2.66. The maximum atomic E-state index is 12.3. The molecule has 1 rings (SSSR count). The minimum Gasteiger partial charge on any atom is -0.465 e. The average Bonchev–Trinajstić information content (AvgIpc) is 2.83. The summed E-state index contributed by atoms with van der Waals surface area (Å²) in [6.45, 7) is 7.95. The van der Waals surface area contributed by atoms with Crippen LogP contribution >= 0.6 is 11.3 Å². The number of aryl methyl sites for hydroxylation is 1. The summed E-state index contributed by atoms with van der Waals surface area (Å²) in [5.41, 5.74) is 0. The first kappa shape index (κ1) is 16.6. The van der Waals surface area contributed by atoms with E-state index in [0.29, 0.717) is 6.42 Å². The lowest BCUT2D eigenvalue weighted by Gasteiger charge is -2.18. The first-order valence-corrected chi connectivity index (χ1v) is 7.67. The van der Waals surface area contributed by atoms with Crippen LogP contribution in [-0.2, 0) is 14.3 Å². The molecule has 6 heteroatoms. The predicted molar refractivity (Wildman–Crippen MR) is 79.9 cm³/mol. The summed E-state index contributed by atoms with van der Waals surface area (Å²) in [4.78, 5) is 28.3. The van der Waals surface area contributed by atoms with Gasteiger partial charge in [-0.25, -0.2) is 4.98 Å². The Morgan fingerprint density at radius 2 is 2.15 bits per heavy atom. The highest BCUT2D eigenvalue weighted by molar-refractivity contribution is 7.15. The van der Waals surface area contributed by atoms with Crippen LogP contribution in [0.2, 0.25) is 0 Å². The zero-order valence-corrected chi connectivity index (χ0v) is 13.3. The summed E-state index contributed by atoms with van der Waals surface area (Å²) in [6, 6.07) is 0. The number of carbonyl (C=O) groups is 2. The number of ether oxygens (including phenoxy) is 1. The van der Waals surface area contributed by atoms with Crippen LogP contribution in [0.1, 0.15) is 32.2 Å². The molecule has 0 saturated carbocycles. The summed E-state index contributed by atoms with van der Waals surface area (Å²) in [5.74, 6) is -1.42. The Morgan fingerprint density at radius 3 is 2.65 bits per heavy atom. The molecule has 0 radical (unpaired) electrons. The summed E-state index contributed by atoms with van der Waals surface area (Å²) in [7, 11) is 0. The van der Waals surface area contributed by atoms with Gasteiger partial charge in [0, 0.05) is 12.5 Å². The molecule has 0 amide bonds. The molecular weight excluding hydrogens is 276 g/mol. The molecule has 1 heterocycles. The SMILES string of the molecule is CCOC(=O)C(CNc1cnc(C)s1)C(=O)C(C)CC. The molecule has 0 aliphatic heterocycles. The van der Waals surface area contributed by atoms with Gasteiger partial charge < -0.3 is 10.1 Å². The number of thiazole rings is 1. The number of rotatable bonds is 8. The van der Waals surface area contributed by atoms with Crippen molar-refractivity contribution in [1.29, 1.82) is 0 Å². The number of aromatic nitrogens is 1. The van der Waals surface area contributed by atoms with Gasteiger partial charge in [-0.05, 0) is 20.3 Å². The molecule has 2 atom stereocenters. The van der Waals surface area contributed by atoms with Crippen molar-refractivity contribution in [2.75, 3.05) is 18.5 Å². The molecule has 1 N–H and O–H groups in total. The van der Waals surface area contributed by atoms with Gasteiger partial charge in [0.1, 0.15) is 10.9 Å². The van der Waals surface area contributed by atoms with Crippen molar-refractivity contribution in [3.63, 3.8) is 0 Å². The zero-order chi connectivity index (χ0) is 15.1. The summed E-state index contributed by atoms with van der Waals surface area (Å²) >= 11 is 1.50. The molecular formula is C14H22N2O3S. The highest BCUT2D eigenvalue weighted by Crippen LogP contribution is 2.19. The van der Waals surface area contributed by atoms with Gasteiger partial charge in [-0.2, -0.15) is 0 Å². The van der Waals surface area contributed by atoms with Crippen LogP contribution in [0.4, 0.5) is 5.00 Å². The third-order valence-corrected chi connectivity index (χ3v) is 3.98. The molecule has 5 nitrogen and oxygen atoms in total. The minimum atomic E-state index is -0.757. The molecule has 0 aliphatic rings. The van der Waals surface area contributed by atoms with Crippen LogP contribution < -0.4 is 5.32 Å². The Morgan fingerprint density at radius 1 is 1.45 bits per heavy atom. The molecule has 20 heavy (non-hydrogen) atoms. The van der Waals surface area contributed by atoms with E-state index in [4.69, 9.17) is 4.74 Å². The Kier molecular flexibility index (Phi) is 6.64. The number of hydrogen-bond donors (Lipinski definition) is 1. The average molecular weight is 298 g/mol. The van der Waals surface area contributed by atoms with Crippen LogP contribution in [-0.4, -0.2) is 29.9 Å². The number of Topliss-reactive ketones (excluding diaryl/α,β-unsaturated/α-hetero) is 1. The number of esters is 1. The van der Waals surface area contributed by atoms with Gasteiger partial charge in [0.05, 0.1) is 17.8 Å². The van der Waals surface area contributed by atoms with Gasteiger partial charge in [-0.15, -0.1) is 11.3 Å². The van der Waals surface area contributed by atoms with Gasteiger partial charge in [-0.3, -0.25) is 9.59 Å². The molecule has 0 bridgehead atoms. The third kappa shape index (κ3) is 4.59. The largest absolute Gasteiger partial charge is 0.465 e. The monoisotopic (exact) mass is 298 g/mol. The summed E-state index contributed by atoms with van der Waals surface area (Å²) in [6.07, 6.45) is 2.42. The van der Waals surface area contributed by atoms with E-state index in [1.165, 1.54) is 11.3 Å². The minimum absolute atomic E-state index is 0.0697. The van der Waals surface area contributed by atoms with E-state index in [0.717, 1.165) is 10.0 Å². The number of hydrogen-bond acceptors (Lipinski definition) is 6. The molecule has 1 aromatic rings. The van der Waals surface area contributed by atoms with E-state index in [-0.39, 0.29) is 24.9 Å². The quantitative estimate of drug-likeness (QED) is 0.590. The fourth-order valence-corrected chi connectivity index (χ4v) is 2.42. The Balaban J connectivity index is 2.71. The molecule has 2 unspecified atom stereocenters. The van der Waals surface area contributed by atoms with Crippen LogP contribution in [0.3, 0.4) is 0 Å². The van der Waals surface area contributed by atoms with Gasteiger partial charge in [0.15, 0.2) is 5.78 Å². The highest BCUT2D eigenvalue weighted by atomic mass is 32.1. The molecule has 0 spiro atoms. The second-order valence-electron chi connectivity index (χ2n) is 4.64. The molecule has 0 aromatic carbocycles. The van der Waals surface area contributed by atoms with E-state index < -0.39 is 11.9 Å². The number of ketones is 1. The van der Waals surface area contributed by atoms with Crippen molar-refractivity contribution in [2.24, 2.45) is 11.8 Å². The second-order valence-corrected chi connectivity index (χ2v) is 5.88. The fraction of sp³-hybridized carbons (Fsp3) is 0.643. The van der Waals surface area contributed by atoms with Crippen molar-refractivity contribution in [3.8, 4) is 0 Å². The second kappa shape index (κ2) is 7.99. The van der Waals surface area contributed by atoms with Crippen molar-refractivity contribution in [1.82, 2.24) is 4.98 Å². The number of carbonyl (C=O) groups excluding carboxylic acids is 2. The van der Waals surface area contributed by atoms with Gasteiger partial charge >= 0.3 is 5.97 Å². The maximum Gasteiger partial charge on any atom is 0.318 e. The van der Waals surface area contributed by atoms with Gasteiger partial charge in [-0.1, -0.05) is 13.8 Å². The number of anilines is 1. The Hall–Kier alpha value is -1.43. The van der Waals surface area contributed by atoms with Gasteiger partial charge in [0.2, 0.25) is 0 Å².